The number of ether oxygens (including phenoxy) is 1. The molecule has 2 rings (SSSR count). The molecule has 0 aromatic heterocycles. The first-order chi connectivity index (χ1) is 9.13. The minimum atomic E-state index is 0.192. The normalized spacial score (nSPS) is 10.6. The predicted octanol–water partition coefficient (Wildman–Crippen LogP) is 2.41. The van der Waals surface area contributed by atoms with Gasteiger partial charge in [-0.25, -0.2) is 0 Å². The van der Waals surface area contributed by atoms with Crippen LogP contribution >= 0.6 is 0 Å². The van der Waals surface area contributed by atoms with Crippen molar-refractivity contribution in [1.29, 1.82) is 0 Å². The van der Waals surface area contributed by atoms with Gasteiger partial charge in [-0.05, 0) is 30.2 Å². The van der Waals surface area contributed by atoms with Crippen molar-refractivity contribution in [1.82, 2.24) is 0 Å². The molecule has 0 amide bonds. The Morgan fingerprint density at radius 1 is 1.11 bits per heavy atom. The van der Waals surface area contributed by atoms with Crippen LogP contribution in [0, 0.1) is 0 Å². The van der Waals surface area contributed by atoms with E-state index >= 15 is 0 Å². The highest BCUT2D eigenvalue weighted by atomic mass is 16.5. The van der Waals surface area contributed by atoms with E-state index in [1.54, 1.807) is 19.2 Å². The fourth-order valence-corrected chi connectivity index (χ4v) is 2.03. The highest BCUT2D eigenvalue weighted by Gasteiger charge is 2.11. The Bertz CT molecular complexity index is 582. The summed E-state index contributed by atoms with van der Waals surface area (Å²) in [5, 5.41) is 9.93. The van der Waals surface area contributed by atoms with Crippen LogP contribution in [-0.4, -0.2) is 18.8 Å². The van der Waals surface area contributed by atoms with Gasteiger partial charge in [0, 0.05) is 18.2 Å². The minimum absolute atomic E-state index is 0.192. The summed E-state index contributed by atoms with van der Waals surface area (Å²) in [6, 6.07) is 10.9. The number of phenols is 1. The monoisotopic (exact) mass is 258 g/mol. The first kappa shape index (κ1) is 13.2. The van der Waals surface area contributed by atoms with Crippen LogP contribution in [0.4, 0.5) is 11.4 Å². The largest absolute Gasteiger partial charge is 0.507 e. The molecule has 0 aliphatic heterocycles. The van der Waals surface area contributed by atoms with Crippen LogP contribution < -0.4 is 11.5 Å². The number of aromatic hydroxyl groups is 1. The van der Waals surface area contributed by atoms with Crippen LogP contribution in [0.1, 0.15) is 5.56 Å². The quantitative estimate of drug-likeness (QED) is 0.735. The van der Waals surface area contributed by atoms with Gasteiger partial charge < -0.3 is 21.3 Å². The first-order valence-electron chi connectivity index (χ1n) is 6.08. The van der Waals surface area contributed by atoms with Gasteiger partial charge in [0.25, 0.3) is 0 Å². The predicted molar refractivity (Wildman–Crippen MR) is 77.9 cm³/mol. The number of nitrogens with two attached hydrogens (primary N) is 2. The van der Waals surface area contributed by atoms with E-state index < -0.39 is 0 Å². The van der Waals surface area contributed by atoms with Gasteiger partial charge in [-0.15, -0.1) is 0 Å². The van der Waals surface area contributed by atoms with E-state index in [9.17, 15) is 5.11 Å². The number of benzene rings is 2. The molecule has 0 heterocycles. The molecule has 19 heavy (non-hydrogen) atoms. The maximum atomic E-state index is 9.93. The van der Waals surface area contributed by atoms with E-state index in [1.165, 1.54) is 0 Å². The molecule has 0 bridgehead atoms. The first-order valence-corrected chi connectivity index (χ1v) is 6.08. The van der Waals surface area contributed by atoms with Gasteiger partial charge in [-0.1, -0.05) is 18.2 Å². The molecule has 0 unspecified atom stereocenters. The van der Waals surface area contributed by atoms with Crippen molar-refractivity contribution in [2.75, 3.05) is 25.2 Å². The molecule has 2 aromatic carbocycles. The molecule has 0 radical (unpaired) electrons. The molecule has 0 saturated heterocycles. The molecule has 4 heteroatoms. The summed E-state index contributed by atoms with van der Waals surface area (Å²) in [7, 11) is 1.66. The maximum absolute atomic E-state index is 9.93. The van der Waals surface area contributed by atoms with Gasteiger partial charge in [0.2, 0.25) is 0 Å². The molecule has 4 nitrogen and oxygen atoms in total. The summed E-state index contributed by atoms with van der Waals surface area (Å²) in [6.45, 7) is 0.615. The van der Waals surface area contributed by atoms with E-state index in [2.05, 4.69) is 0 Å². The van der Waals surface area contributed by atoms with Crippen LogP contribution in [0.5, 0.6) is 5.75 Å². The summed E-state index contributed by atoms with van der Waals surface area (Å²) in [5.74, 6) is 0.192. The van der Waals surface area contributed by atoms with Crippen LogP contribution in [0.15, 0.2) is 36.4 Å². The Hall–Kier alpha value is -2.20. The summed E-state index contributed by atoms with van der Waals surface area (Å²) in [6.07, 6.45) is 0.752. The lowest BCUT2D eigenvalue weighted by molar-refractivity contribution is 0.202. The van der Waals surface area contributed by atoms with E-state index in [4.69, 9.17) is 16.2 Å². The summed E-state index contributed by atoms with van der Waals surface area (Å²) >= 11 is 0. The van der Waals surface area contributed by atoms with E-state index in [1.807, 2.05) is 24.3 Å². The number of hydrogen-bond acceptors (Lipinski definition) is 4. The maximum Gasteiger partial charge on any atom is 0.123 e. The lowest BCUT2D eigenvalue weighted by Crippen LogP contribution is -2.02. The lowest BCUT2D eigenvalue weighted by Gasteiger charge is -2.13. The molecule has 0 saturated carbocycles. The second-order valence-corrected chi connectivity index (χ2v) is 4.41. The molecule has 2 aromatic rings. The topological polar surface area (TPSA) is 81.5 Å². The molecule has 0 aliphatic carbocycles. The highest BCUT2D eigenvalue weighted by Crippen LogP contribution is 2.36. The van der Waals surface area contributed by atoms with Crippen LogP contribution in [0.2, 0.25) is 0 Å². The third-order valence-electron chi connectivity index (χ3n) is 3.06. The highest BCUT2D eigenvalue weighted by molar-refractivity contribution is 5.87. The number of phenolic OH excluding ortho intramolecular Hbond substituents is 1. The number of anilines is 2. The minimum Gasteiger partial charge on any atom is -0.507 e. The molecule has 0 spiro atoms. The second-order valence-electron chi connectivity index (χ2n) is 4.41. The summed E-state index contributed by atoms with van der Waals surface area (Å²) < 4.78 is 5.06. The van der Waals surface area contributed by atoms with E-state index in [0.717, 1.165) is 17.5 Å². The van der Waals surface area contributed by atoms with Gasteiger partial charge in [0.1, 0.15) is 5.75 Å². The van der Waals surface area contributed by atoms with Gasteiger partial charge in [0.15, 0.2) is 0 Å². The van der Waals surface area contributed by atoms with Crippen molar-refractivity contribution in [3.05, 3.63) is 42.0 Å². The van der Waals surface area contributed by atoms with Gasteiger partial charge >= 0.3 is 0 Å². The zero-order chi connectivity index (χ0) is 13.8. The number of hydrogen-bond donors (Lipinski definition) is 3. The summed E-state index contributed by atoms with van der Waals surface area (Å²) in [4.78, 5) is 0. The van der Waals surface area contributed by atoms with Gasteiger partial charge in [0.05, 0.1) is 18.0 Å². The number of methoxy groups -OCH3 is 1. The summed E-state index contributed by atoms with van der Waals surface area (Å²) in [5.41, 5.74) is 15.4. The van der Waals surface area contributed by atoms with Crippen molar-refractivity contribution in [2.24, 2.45) is 0 Å². The number of nitrogen functional groups attached to an aromatic ring is 2. The van der Waals surface area contributed by atoms with Crippen molar-refractivity contribution in [3.8, 4) is 16.9 Å². The average Bonchev–Trinajstić information content (AvgIpc) is 2.41. The standard InChI is InChI=1S/C15H18N2O2/c1-19-7-6-10-8-12(15(17)13(16)9-10)11-4-2-3-5-14(11)18/h2-5,8-9,18H,6-7,16-17H2,1H3. The molecular formula is C15H18N2O2. The van der Waals surface area contributed by atoms with Crippen LogP contribution in [0.3, 0.4) is 0 Å². The van der Waals surface area contributed by atoms with Crippen molar-refractivity contribution >= 4 is 11.4 Å². The molecular weight excluding hydrogens is 240 g/mol. The SMILES string of the molecule is COCCc1cc(N)c(N)c(-c2ccccc2O)c1. The third kappa shape index (κ3) is 2.80. The smallest absolute Gasteiger partial charge is 0.123 e. The Kier molecular flexibility index (Phi) is 3.92. The van der Waals surface area contributed by atoms with Crippen molar-refractivity contribution < 1.29 is 9.84 Å². The van der Waals surface area contributed by atoms with Crippen LogP contribution in [0.25, 0.3) is 11.1 Å². The molecule has 0 aliphatic rings. The van der Waals surface area contributed by atoms with E-state index in [-0.39, 0.29) is 5.75 Å². The molecule has 100 valence electrons. The zero-order valence-electron chi connectivity index (χ0n) is 10.9. The number of rotatable bonds is 4. The Labute approximate surface area is 112 Å². The van der Waals surface area contributed by atoms with Crippen molar-refractivity contribution in [2.45, 2.75) is 6.42 Å². The zero-order valence-corrected chi connectivity index (χ0v) is 10.9. The molecule has 0 fully saturated rings. The Balaban J connectivity index is 2.50. The van der Waals surface area contributed by atoms with E-state index in [0.29, 0.717) is 23.5 Å². The average molecular weight is 258 g/mol. The Morgan fingerprint density at radius 3 is 2.53 bits per heavy atom. The fraction of sp³-hybridized carbons (Fsp3) is 0.200. The van der Waals surface area contributed by atoms with Crippen LogP contribution in [-0.2, 0) is 11.2 Å². The van der Waals surface area contributed by atoms with Gasteiger partial charge in [-0.2, -0.15) is 0 Å². The third-order valence-corrected chi connectivity index (χ3v) is 3.06. The molecule has 0 atom stereocenters. The lowest BCUT2D eigenvalue weighted by atomic mass is 9.98. The molecule has 5 N–H and O–H groups in total. The fourth-order valence-electron chi connectivity index (χ4n) is 2.03. The second kappa shape index (κ2) is 5.63. The van der Waals surface area contributed by atoms with Crippen molar-refractivity contribution in [3.63, 3.8) is 0 Å². The number of para-hydroxylation sites is 1. The Morgan fingerprint density at radius 2 is 1.84 bits per heavy atom. The van der Waals surface area contributed by atoms with Gasteiger partial charge in [-0.3, -0.25) is 0 Å².